The SMILES string of the molecule is CNCc1c(F)cccc1Oc1ccc(Br)c(C)c1. The molecule has 19 heavy (non-hydrogen) atoms. The van der Waals surface area contributed by atoms with Gasteiger partial charge in [0, 0.05) is 16.6 Å². The van der Waals surface area contributed by atoms with Gasteiger partial charge >= 0.3 is 0 Å². The van der Waals surface area contributed by atoms with Crippen LogP contribution in [0.15, 0.2) is 40.9 Å². The normalized spacial score (nSPS) is 10.5. The van der Waals surface area contributed by atoms with Crippen molar-refractivity contribution in [3.05, 3.63) is 57.8 Å². The summed E-state index contributed by atoms with van der Waals surface area (Å²) in [6.07, 6.45) is 0. The molecule has 0 unspecified atom stereocenters. The van der Waals surface area contributed by atoms with Gasteiger partial charge in [-0.2, -0.15) is 0 Å². The molecular weight excluding hydrogens is 309 g/mol. The van der Waals surface area contributed by atoms with Crippen molar-refractivity contribution in [1.29, 1.82) is 0 Å². The topological polar surface area (TPSA) is 21.3 Å². The molecule has 0 saturated carbocycles. The van der Waals surface area contributed by atoms with Crippen LogP contribution in [0.25, 0.3) is 0 Å². The van der Waals surface area contributed by atoms with E-state index in [9.17, 15) is 4.39 Å². The molecular formula is C15H15BrFNO. The third-order valence-corrected chi connectivity index (χ3v) is 3.68. The summed E-state index contributed by atoms with van der Waals surface area (Å²) >= 11 is 3.44. The highest BCUT2D eigenvalue weighted by Crippen LogP contribution is 2.29. The first kappa shape index (κ1) is 14.0. The van der Waals surface area contributed by atoms with Crippen molar-refractivity contribution in [2.45, 2.75) is 13.5 Å². The largest absolute Gasteiger partial charge is 0.457 e. The molecule has 2 aromatic carbocycles. The summed E-state index contributed by atoms with van der Waals surface area (Å²) < 4.78 is 20.6. The molecule has 0 aromatic heterocycles. The molecule has 0 atom stereocenters. The fourth-order valence-corrected chi connectivity index (χ4v) is 2.04. The van der Waals surface area contributed by atoms with Crippen LogP contribution in [0.2, 0.25) is 0 Å². The third kappa shape index (κ3) is 3.33. The van der Waals surface area contributed by atoms with Crippen molar-refractivity contribution in [1.82, 2.24) is 5.32 Å². The zero-order valence-corrected chi connectivity index (χ0v) is 12.4. The fraction of sp³-hybridized carbons (Fsp3) is 0.200. The van der Waals surface area contributed by atoms with Crippen molar-refractivity contribution in [2.75, 3.05) is 7.05 Å². The maximum Gasteiger partial charge on any atom is 0.134 e. The number of aryl methyl sites for hydroxylation is 1. The van der Waals surface area contributed by atoms with Crippen LogP contribution < -0.4 is 10.1 Å². The van der Waals surface area contributed by atoms with E-state index < -0.39 is 0 Å². The molecule has 4 heteroatoms. The van der Waals surface area contributed by atoms with Gasteiger partial charge < -0.3 is 10.1 Å². The Kier molecular flexibility index (Phi) is 4.56. The smallest absolute Gasteiger partial charge is 0.134 e. The van der Waals surface area contributed by atoms with Crippen LogP contribution in [0.3, 0.4) is 0 Å². The standard InChI is InChI=1S/C15H15BrFNO/c1-10-8-11(6-7-13(10)16)19-15-5-3-4-14(17)12(15)9-18-2/h3-8,18H,9H2,1-2H3. The van der Waals surface area contributed by atoms with Gasteiger partial charge in [-0.3, -0.25) is 0 Å². The number of benzene rings is 2. The Hall–Kier alpha value is -1.39. The first-order chi connectivity index (χ1) is 9.11. The number of nitrogens with one attached hydrogen (secondary N) is 1. The van der Waals surface area contributed by atoms with E-state index in [1.54, 1.807) is 19.2 Å². The lowest BCUT2D eigenvalue weighted by Gasteiger charge is -2.12. The minimum Gasteiger partial charge on any atom is -0.457 e. The van der Waals surface area contributed by atoms with E-state index in [1.807, 2.05) is 25.1 Å². The summed E-state index contributed by atoms with van der Waals surface area (Å²) in [7, 11) is 1.78. The number of halogens is 2. The van der Waals surface area contributed by atoms with Gasteiger partial charge in [-0.15, -0.1) is 0 Å². The second-order valence-electron chi connectivity index (χ2n) is 4.26. The highest BCUT2D eigenvalue weighted by atomic mass is 79.9. The Labute approximate surface area is 120 Å². The number of rotatable bonds is 4. The van der Waals surface area contributed by atoms with E-state index in [0.717, 1.165) is 10.0 Å². The highest BCUT2D eigenvalue weighted by Gasteiger charge is 2.10. The van der Waals surface area contributed by atoms with Crippen molar-refractivity contribution < 1.29 is 9.13 Å². The van der Waals surface area contributed by atoms with Crippen LogP contribution in [0.4, 0.5) is 4.39 Å². The molecule has 1 N–H and O–H groups in total. The van der Waals surface area contributed by atoms with E-state index in [0.29, 0.717) is 23.6 Å². The van der Waals surface area contributed by atoms with Gasteiger partial charge in [-0.1, -0.05) is 22.0 Å². The maximum atomic E-state index is 13.8. The van der Waals surface area contributed by atoms with Crippen LogP contribution in [-0.4, -0.2) is 7.05 Å². The summed E-state index contributed by atoms with van der Waals surface area (Å²) in [6, 6.07) is 10.5. The van der Waals surface area contributed by atoms with E-state index >= 15 is 0 Å². The highest BCUT2D eigenvalue weighted by molar-refractivity contribution is 9.10. The first-order valence-electron chi connectivity index (χ1n) is 5.98. The predicted octanol–water partition coefficient (Wildman–Crippen LogP) is 4.41. The maximum absolute atomic E-state index is 13.8. The minimum absolute atomic E-state index is 0.263. The molecule has 0 heterocycles. The molecule has 2 nitrogen and oxygen atoms in total. The lowest BCUT2D eigenvalue weighted by molar-refractivity contribution is 0.464. The van der Waals surface area contributed by atoms with Crippen LogP contribution in [-0.2, 0) is 6.54 Å². The Morgan fingerprint density at radius 2 is 2.05 bits per heavy atom. The first-order valence-corrected chi connectivity index (χ1v) is 6.77. The summed E-state index contributed by atoms with van der Waals surface area (Å²) in [5.74, 6) is 0.973. The molecule has 0 amide bonds. The summed E-state index contributed by atoms with van der Waals surface area (Å²) in [6.45, 7) is 2.41. The van der Waals surface area contributed by atoms with Gasteiger partial charge in [0.05, 0.1) is 0 Å². The van der Waals surface area contributed by atoms with Gasteiger partial charge in [-0.05, 0) is 49.9 Å². The second-order valence-corrected chi connectivity index (χ2v) is 5.11. The number of hydrogen-bond donors (Lipinski definition) is 1. The second kappa shape index (κ2) is 6.17. The van der Waals surface area contributed by atoms with Gasteiger partial charge in [0.25, 0.3) is 0 Å². The van der Waals surface area contributed by atoms with Crippen molar-refractivity contribution in [3.63, 3.8) is 0 Å². The van der Waals surface area contributed by atoms with Crippen molar-refractivity contribution >= 4 is 15.9 Å². The molecule has 0 radical (unpaired) electrons. The zero-order chi connectivity index (χ0) is 13.8. The quantitative estimate of drug-likeness (QED) is 0.899. The molecule has 100 valence electrons. The molecule has 0 spiro atoms. The molecule has 0 aliphatic carbocycles. The van der Waals surface area contributed by atoms with E-state index in [4.69, 9.17) is 4.74 Å². The zero-order valence-electron chi connectivity index (χ0n) is 10.8. The van der Waals surface area contributed by atoms with E-state index in [-0.39, 0.29) is 5.82 Å². The molecule has 2 rings (SSSR count). The summed E-state index contributed by atoms with van der Waals surface area (Å²) in [5.41, 5.74) is 1.61. The molecule has 2 aromatic rings. The molecule has 0 aliphatic rings. The average molecular weight is 324 g/mol. The summed E-state index contributed by atoms with van der Waals surface area (Å²) in [4.78, 5) is 0. The average Bonchev–Trinajstić information content (AvgIpc) is 2.38. The number of hydrogen-bond acceptors (Lipinski definition) is 2. The van der Waals surface area contributed by atoms with Gasteiger partial charge in [0.2, 0.25) is 0 Å². The van der Waals surface area contributed by atoms with Gasteiger partial charge in [0.15, 0.2) is 0 Å². The van der Waals surface area contributed by atoms with Crippen molar-refractivity contribution in [2.24, 2.45) is 0 Å². The summed E-state index contributed by atoms with van der Waals surface area (Å²) in [5, 5.41) is 2.94. The van der Waals surface area contributed by atoms with E-state index in [1.165, 1.54) is 6.07 Å². The Bertz CT molecular complexity index is 586. The molecule has 0 aliphatic heterocycles. The van der Waals surface area contributed by atoms with Gasteiger partial charge in [0.1, 0.15) is 17.3 Å². The minimum atomic E-state index is -0.263. The van der Waals surface area contributed by atoms with Gasteiger partial charge in [-0.25, -0.2) is 4.39 Å². The molecule has 0 bridgehead atoms. The lowest BCUT2D eigenvalue weighted by atomic mass is 10.2. The molecule has 0 fully saturated rings. The van der Waals surface area contributed by atoms with E-state index in [2.05, 4.69) is 21.2 Å². The Morgan fingerprint density at radius 1 is 1.26 bits per heavy atom. The van der Waals surface area contributed by atoms with Crippen LogP contribution in [0, 0.1) is 12.7 Å². The van der Waals surface area contributed by atoms with Crippen molar-refractivity contribution in [3.8, 4) is 11.5 Å². The third-order valence-electron chi connectivity index (χ3n) is 2.79. The van der Waals surface area contributed by atoms with Crippen LogP contribution in [0.1, 0.15) is 11.1 Å². The van der Waals surface area contributed by atoms with Crippen LogP contribution in [0.5, 0.6) is 11.5 Å². The fourth-order valence-electron chi connectivity index (χ4n) is 1.79. The van der Waals surface area contributed by atoms with Crippen LogP contribution >= 0.6 is 15.9 Å². The number of ether oxygens (including phenoxy) is 1. The lowest BCUT2D eigenvalue weighted by Crippen LogP contribution is -2.08. The molecule has 0 saturated heterocycles. The predicted molar refractivity (Wildman–Crippen MR) is 78.1 cm³/mol. The Balaban J connectivity index is 2.32. The Morgan fingerprint density at radius 3 is 2.74 bits per heavy atom. The monoisotopic (exact) mass is 323 g/mol.